The molecule has 25 heavy (non-hydrogen) atoms. The van der Waals surface area contributed by atoms with E-state index in [0.717, 1.165) is 38.8 Å². The van der Waals surface area contributed by atoms with Crippen LogP contribution < -0.4 is 0 Å². The molecule has 3 heterocycles. The van der Waals surface area contributed by atoms with Gasteiger partial charge in [-0.3, -0.25) is 14.6 Å². The minimum absolute atomic E-state index is 0.0200. The van der Waals surface area contributed by atoms with Crippen LogP contribution in [0.25, 0.3) is 0 Å². The lowest BCUT2D eigenvalue weighted by Crippen LogP contribution is -2.47. The van der Waals surface area contributed by atoms with Crippen molar-refractivity contribution in [2.75, 3.05) is 39.9 Å². The zero-order valence-electron chi connectivity index (χ0n) is 14.9. The van der Waals surface area contributed by atoms with Gasteiger partial charge in [-0.25, -0.2) is 0 Å². The monoisotopic (exact) mass is 345 g/mol. The van der Waals surface area contributed by atoms with Crippen molar-refractivity contribution in [3.63, 3.8) is 0 Å². The van der Waals surface area contributed by atoms with E-state index < -0.39 is 0 Å². The van der Waals surface area contributed by atoms with Crippen LogP contribution in [0.4, 0.5) is 0 Å². The van der Waals surface area contributed by atoms with Crippen molar-refractivity contribution < 1.29 is 14.3 Å². The van der Waals surface area contributed by atoms with Gasteiger partial charge in [0.2, 0.25) is 11.8 Å². The van der Waals surface area contributed by atoms with Crippen molar-refractivity contribution >= 4 is 11.8 Å². The molecule has 0 aromatic carbocycles. The van der Waals surface area contributed by atoms with Crippen molar-refractivity contribution in [2.24, 2.45) is 5.92 Å². The summed E-state index contributed by atoms with van der Waals surface area (Å²) in [7, 11) is 1.53. The van der Waals surface area contributed by atoms with Crippen molar-refractivity contribution in [3.8, 4) is 0 Å². The first-order chi connectivity index (χ1) is 12.2. The number of hydrogen-bond donors (Lipinski definition) is 0. The van der Waals surface area contributed by atoms with Gasteiger partial charge in [0.05, 0.1) is 0 Å². The number of nitrogens with zero attached hydrogens (tertiary/aromatic N) is 3. The number of amides is 2. The van der Waals surface area contributed by atoms with Crippen LogP contribution in [0.15, 0.2) is 24.5 Å². The second kappa shape index (κ2) is 8.43. The Hall–Kier alpha value is -1.95. The molecule has 3 rings (SSSR count). The maximum Gasteiger partial charge on any atom is 0.248 e. The van der Waals surface area contributed by atoms with Gasteiger partial charge in [0.1, 0.15) is 6.61 Å². The summed E-state index contributed by atoms with van der Waals surface area (Å²) in [4.78, 5) is 32.5. The molecule has 6 heteroatoms. The van der Waals surface area contributed by atoms with Crippen molar-refractivity contribution in [1.29, 1.82) is 0 Å². The second-order valence-electron chi connectivity index (χ2n) is 6.97. The fourth-order valence-corrected chi connectivity index (χ4v) is 3.92. The number of hydrogen-bond acceptors (Lipinski definition) is 4. The fourth-order valence-electron chi connectivity index (χ4n) is 3.92. The third kappa shape index (κ3) is 4.37. The summed E-state index contributed by atoms with van der Waals surface area (Å²) < 4.78 is 4.90. The molecule has 6 nitrogen and oxygen atoms in total. The summed E-state index contributed by atoms with van der Waals surface area (Å²) in [5.74, 6) is 0.878. The number of piperidine rings is 2. The fraction of sp³-hybridized carbons (Fsp3) is 0.632. The van der Waals surface area contributed by atoms with Gasteiger partial charge in [0.25, 0.3) is 0 Å². The number of methoxy groups -OCH3 is 1. The lowest BCUT2D eigenvalue weighted by Gasteiger charge is -2.37. The van der Waals surface area contributed by atoms with E-state index in [1.54, 1.807) is 0 Å². The highest BCUT2D eigenvalue weighted by Gasteiger charge is 2.32. The van der Waals surface area contributed by atoms with Gasteiger partial charge < -0.3 is 14.5 Å². The summed E-state index contributed by atoms with van der Waals surface area (Å²) in [5, 5.41) is 0. The standard InChI is InChI=1S/C19H27N3O3/c1-25-14-18(23)21-10-6-17(7-11-21)19(24)22-12-4-16(5-13-22)15-2-8-20-9-3-15/h2-3,8-9,16-17H,4-7,10-14H2,1H3. The molecule has 0 unspecified atom stereocenters. The minimum Gasteiger partial charge on any atom is -0.375 e. The van der Waals surface area contributed by atoms with E-state index >= 15 is 0 Å². The number of aromatic nitrogens is 1. The first-order valence-corrected chi connectivity index (χ1v) is 9.14. The molecule has 0 aliphatic carbocycles. The van der Waals surface area contributed by atoms with Gasteiger partial charge >= 0.3 is 0 Å². The Morgan fingerprint density at radius 2 is 1.64 bits per heavy atom. The highest BCUT2D eigenvalue weighted by atomic mass is 16.5. The SMILES string of the molecule is COCC(=O)N1CCC(C(=O)N2CCC(c3ccncc3)CC2)CC1. The van der Waals surface area contributed by atoms with E-state index in [1.807, 2.05) is 22.2 Å². The number of pyridine rings is 1. The summed E-state index contributed by atoms with van der Waals surface area (Å²) in [6.07, 6.45) is 7.23. The van der Waals surface area contributed by atoms with Gasteiger partial charge in [-0.15, -0.1) is 0 Å². The van der Waals surface area contributed by atoms with Crippen LogP contribution in [0.1, 0.15) is 37.2 Å². The first kappa shape index (κ1) is 17.9. The quantitative estimate of drug-likeness (QED) is 0.833. The summed E-state index contributed by atoms with van der Waals surface area (Å²) in [6, 6.07) is 4.16. The molecule has 0 spiro atoms. The van der Waals surface area contributed by atoms with E-state index in [9.17, 15) is 9.59 Å². The van der Waals surface area contributed by atoms with Crippen LogP contribution in [0.2, 0.25) is 0 Å². The Morgan fingerprint density at radius 1 is 1.04 bits per heavy atom. The van der Waals surface area contributed by atoms with Gasteiger partial charge in [-0.05, 0) is 49.3 Å². The van der Waals surface area contributed by atoms with Crippen LogP contribution in [0.3, 0.4) is 0 Å². The number of carbonyl (C=O) groups excluding carboxylic acids is 2. The minimum atomic E-state index is 0.0200. The largest absolute Gasteiger partial charge is 0.375 e. The average Bonchev–Trinajstić information content (AvgIpc) is 2.68. The van der Waals surface area contributed by atoms with E-state index in [4.69, 9.17) is 4.74 Å². The molecule has 0 atom stereocenters. The molecule has 136 valence electrons. The van der Waals surface area contributed by atoms with Crippen molar-refractivity contribution in [2.45, 2.75) is 31.6 Å². The number of ether oxygens (including phenoxy) is 1. The molecule has 0 saturated carbocycles. The Morgan fingerprint density at radius 3 is 2.24 bits per heavy atom. The molecule has 0 N–H and O–H groups in total. The third-order valence-corrected chi connectivity index (χ3v) is 5.45. The Kier molecular flexibility index (Phi) is 6.02. The maximum absolute atomic E-state index is 12.8. The second-order valence-corrected chi connectivity index (χ2v) is 6.97. The van der Waals surface area contributed by atoms with Gasteiger partial charge in [0.15, 0.2) is 0 Å². The van der Waals surface area contributed by atoms with Gasteiger partial charge in [0, 0.05) is 51.6 Å². The molecule has 2 saturated heterocycles. The molecular formula is C19H27N3O3. The van der Waals surface area contributed by atoms with Crippen LogP contribution >= 0.6 is 0 Å². The predicted molar refractivity (Wildman–Crippen MR) is 94.0 cm³/mol. The summed E-state index contributed by atoms with van der Waals surface area (Å²) in [6.45, 7) is 3.10. The van der Waals surface area contributed by atoms with Crippen molar-refractivity contribution in [1.82, 2.24) is 14.8 Å². The Balaban J connectivity index is 1.46. The van der Waals surface area contributed by atoms with Crippen LogP contribution in [0.5, 0.6) is 0 Å². The van der Waals surface area contributed by atoms with Crippen molar-refractivity contribution in [3.05, 3.63) is 30.1 Å². The van der Waals surface area contributed by atoms with Crippen LogP contribution in [-0.2, 0) is 14.3 Å². The summed E-state index contributed by atoms with van der Waals surface area (Å²) >= 11 is 0. The molecule has 0 bridgehead atoms. The topological polar surface area (TPSA) is 62.7 Å². The molecule has 1 aromatic heterocycles. The molecule has 2 aliphatic rings. The molecule has 2 amide bonds. The average molecular weight is 345 g/mol. The highest BCUT2D eigenvalue weighted by molar-refractivity contribution is 5.80. The number of rotatable bonds is 4. The zero-order chi connectivity index (χ0) is 17.6. The van der Waals surface area contributed by atoms with Gasteiger partial charge in [-0.1, -0.05) is 0 Å². The van der Waals surface area contributed by atoms with E-state index in [0.29, 0.717) is 19.0 Å². The summed E-state index contributed by atoms with van der Waals surface area (Å²) in [5.41, 5.74) is 1.33. The predicted octanol–water partition coefficient (Wildman–Crippen LogP) is 1.67. The number of likely N-dealkylation sites (tertiary alicyclic amines) is 2. The lowest BCUT2D eigenvalue weighted by molar-refractivity contribution is -0.143. The molecule has 2 aliphatic heterocycles. The zero-order valence-corrected chi connectivity index (χ0v) is 14.9. The van der Waals surface area contributed by atoms with E-state index in [1.165, 1.54) is 12.7 Å². The molecule has 1 aromatic rings. The van der Waals surface area contributed by atoms with E-state index in [2.05, 4.69) is 17.1 Å². The molecular weight excluding hydrogens is 318 g/mol. The third-order valence-electron chi connectivity index (χ3n) is 5.45. The first-order valence-electron chi connectivity index (χ1n) is 9.14. The van der Waals surface area contributed by atoms with Crippen LogP contribution in [0, 0.1) is 5.92 Å². The van der Waals surface area contributed by atoms with Crippen LogP contribution in [-0.4, -0.2) is 66.5 Å². The Labute approximate surface area is 149 Å². The lowest BCUT2D eigenvalue weighted by atomic mass is 9.88. The van der Waals surface area contributed by atoms with Gasteiger partial charge in [-0.2, -0.15) is 0 Å². The molecule has 0 radical (unpaired) electrons. The highest BCUT2D eigenvalue weighted by Crippen LogP contribution is 2.29. The normalized spacial score (nSPS) is 19.9. The molecule has 2 fully saturated rings. The number of carbonyl (C=O) groups is 2. The smallest absolute Gasteiger partial charge is 0.248 e. The maximum atomic E-state index is 12.8. The Bertz CT molecular complexity index is 577. The van der Waals surface area contributed by atoms with E-state index in [-0.39, 0.29) is 24.3 Å².